The molecular weight excluding hydrogens is 454 g/mol. The number of halogens is 1. The molecule has 1 amide bonds. The van der Waals surface area contributed by atoms with Crippen LogP contribution >= 0.6 is 23.4 Å². The molecule has 0 unspecified atom stereocenters. The van der Waals surface area contributed by atoms with Gasteiger partial charge in [0.25, 0.3) is 10.0 Å². The smallest absolute Gasteiger partial charge is 0.286 e. The van der Waals surface area contributed by atoms with E-state index in [0.717, 1.165) is 17.3 Å². The van der Waals surface area contributed by atoms with E-state index in [2.05, 4.69) is 9.71 Å². The highest BCUT2D eigenvalue weighted by Crippen LogP contribution is 2.35. The van der Waals surface area contributed by atoms with Gasteiger partial charge in [-0.1, -0.05) is 71.9 Å². The maximum absolute atomic E-state index is 12.7. The lowest BCUT2D eigenvalue weighted by Gasteiger charge is -2.30. The second-order valence-corrected chi connectivity index (χ2v) is 9.69. The minimum absolute atomic E-state index is 0.00563. The average Bonchev–Trinajstić information content (AvgIpc) is 2.75. The van der Waals surface area contributed by atoms with Crippen molar-refractivity contribution in [1.29, 1.82) is 0 Å². The van der Waals surface area contributed by atoms with Crippen molar-refractivity contribution < 1.29 is 13.2 Å². The summed E-state index contributed by atoms with van der Waals surface area (Å²) in [4.78, 5) is 14.4. The van der Waals surface area contributed by atoms with E-state index in [9.17, 15) is 13.2 Å². The Hall–Kier alpha value is -2.81. The van der Waals surface area contributed by atoms with Crippen LogP contribution in [0.5, 0.6) is 0 Å². The third kappa shape index (κ3) is 5.10. The van der Waals surface area contributed by atoms with Crippen molar-refractivity contribution in [2.75, 3.05) is 16.0 Å². The highest BCUT2D eigenvalue weighted by molar-refractivity contribution is 8.15. The molecule has 1 N–H and O–H groups in total. The van der Waals surface area contributed by atoms with E-state index in [1.54, 1.807) is 48.5 Å². The predicted octanol–water partition coefficient (Wildman–Crippen LogP) is 4.78. The molecule has 1 aliphatic rings. The summed E-state index contributed by atoms with van der Waals surface area (Å²) in [7, 11) is -3.85. The Morgan fingerprint density at radius 3 is 2.52 bits per heavy atom. The zero-order chi connectivity index (χ0) is 21.8. The number of fused-ring (bicyclic) bond motifs is 1. The Bertz CT molecular complexity index is 1250. The lowest BCUT2D eigenvalue weighted by molar-refractivity contribution is -0.113. The predicted molar refractivity (Wildman–Crippen MR) is 126 cm³/mol. The Kier molecular flexibility index (Phi) is 6.31. The highest BCUT2D eigenvalue weighted by Gasteiger charge is 2.31. The van der Waals surface area contributed by atoms with Crippen molar-refractivity contribution in [2.24, 2.45) is 4.40 Å². The Balaban J connectivity index is 1.58. The molecular formula is C22H18ClN3O3S2. The largest absolute Gasteiger partial charge is 0.325 e. The summed E-state index contributed by atoms with van der Waals surface area (Å²) in [5.74, 6) is -0.292. The zero-order valence-electron chi connectivity index (χ0n) is 16.2. The van der Waals surface area contributed by atoms with Gasteiger partial charge in [0.05, 0.1) is 18.0 Å². The first-order valence-corrected chi connectivity index (χ1v) is 12.2. The lowest BCUT2D eigenvalue weighted by atomic mass is 10.2. The number of nitrogens with zero attached hydrogens (tertiary/aromatic N) is 2. The van der Waals surface area contributed by atoms with Crippen molar-refractivity contribution in [2.45, 2.75) is 11.4 Å². The number of sulfonamides is 1. The molecule has 3 aromatic rings. The summed E-state index contributed by atoms with van der Waals surface area (Å²) in [5.41, 5.74) is 2.11. The normalized spacial score (nSPS) is 14.5. The number of para-hydroxylation sites is 1. The van der Waals surface area contributed by atoms with Crippen LogP contribution in [0.15, 0.2) is 88.2 Å². The van der Waals surface area contributed by atoms with Crippen LogP contribution in [0.3, 0.4) is 0 Å². The summed E-state index contributed by atoms with van der Waals surface area (Å²) in [5, 5.41) is 3.53. The van der Waals surface area contributed by atoms with Gasteiger partial charge in [-0.3, -0.25) is 4.79 Å². The molecule has 31 heavy (non-hydrogen) atoms. The second kappa shape index (κ2) is 9.13. The van der Waals surface area contributed by atoms with Crippen LogP contribution in [0.25, 0.3) is 0 Å². The topological polar surface area (TPSA) is 78.8 Å². The van der Waals surface area contributed by atoms with Crippen LogP contribution < -0.4 is 10.2 Å². The first-order chi connectivity index (χ1) is 14.9. The van der Waals surface area contributed by atoms with Gasteiger partial charge in [-0.05, 0) is 35.9 Å². The summed E-state index contributed by atoms with van der Waals surface area (Å²) >= 11 is 7.03. The highest BCUT2D eigenvalue weighted by atomic mass is 35.5. The fourth-order valence-corrected chi connectivity index (χ4v) is 5.56. The monoisotopic (exact) mass is 471 g/mol. The van der Waals surface area contributed by atoms with E-state index in [4.69, 9.17) is 11.6 Å². The van der Waals surface area contributed by atoms with E-state index in [1.807, 2.05) is 35.2 Å². The molecule has 1 heterocycles. The summed E-state index contributed by atoms with van der Waals surface area (Å²) in [6, 6.07) is 23.2. The summed E-state index contributed by atoms with van der Waals surface area (Å²) in [6.07, 6.45) is 0. The van der Waals surface area contributed by atoms with Gasteiger partial charge in [0, 0.05) is 10.7 Å². The maximum Gasteiger partial charge on any atom is 0.286 e. The van der Waals surface area contributed by atoms with Crippen molar-refractivity contribution in [3.8, 4) is 0 Å². The quantitative estimate of drug-likeness (QED) is 0.579. The molecule has 0 saturated heterocycles. The molecule has 0 fully saturated rings. The number of hydrogen-bond acceptors (Lipinski definition) is 5. The number of rotatable bonds is 5. The van der Waals surface area contributed by atoms with Crippen molar-refractivity contribution in [3.63, 3.8) is 0 Å². The second-order valence-electron chi connectivity index (χ2n) is 6.74. The van der Waals surface area contributed by atoms with Crippen LogP contribution in [-0.4, -0.2) is 25.2 Å². The van der Waals surface area contributed by atoms with Crippen molar-refractivity contribution in [3.05, 3.63) is 89.4 Å². The van der Waals surface area contributed by atoms with Crippen LogP contribution in [-0.2, 0) is 21.4 Å². The van der Waals surface area contributed by atoms with Crippen molar-refractivity contribution >= 4 is 55.8 Å². The lowest BCUT2D eigenvalue weighted by Crippen LogP contribution is -2.34. The van der Waals surface area contributed by atoms with E-state index >= 15 is 0 Å². The average molecular weight is 472 g/mol. The Morgan fingerprint density at radius 2 is 1.74 bits per heavy atom. The van der Waals surface area contributed by atoms with Crippen LogP contribution in [0.1, 0.15) is 5.56 Å². The molecule has 1 aliphatic heterocycles. The van der Waals surface area contributed by atoms with Gasteiger partial charge >= 0.3 is 0 Å². The Labute approximate surface area is 190 Å². The Morgan fingerprint density at radius 1 is 1.00 bits per heavy atom. The number of carbonyl (C=O) groups excluding carboxylic acids is 1. The maximum atomic E-state index is 12.7. The SMILES string of the molecule is O=C(CSC1=NS(=O)(=O)c2ccccc2N1Cc1ccccc1)Nc1cccc(Cl)c1. The first-order valence-electron chi connectivity index (χ1n) is 9.36. The molecule has 6 nitrogen and oxygen atoms in total. The molecule has 3 aromatic carbocycles. The van der Waals surface area contributed by atoms with Gasteiger partial charge < -0.3 is 10.2 Å². The fourth-order valence-electron chi connectivity index (χ4n) is 3.12. The third-order valence-corrected chi connectivity index (χ3v) is 7.13. The zero-order valence-corrected chi connectivity index (χ0v) is 18.6. The molecule has 0 aliphatic carbocycles. The molecule has 0 spiro atoms. The van der Waals surface area contributed by atoms with E-state index < -0.39 is 10.0 Å². The van der Waals surface area contributed by atoms with Gasteiger partial charge in [-0.25, -0.2) is 0 Å². The number of nitrogens with one attached hydrogen (secondary N) is 1. The van der Waals surface area contributed by atoms with Gasteiger partial charge in [-0.15, -0.1) is 4.40 Å². The molecule has 0 radical (unpaired) electrons. The number of benzene rings is 3. The van der Waals surface area contributed by atoms with Crippen molar-refractivity contribution in [1.82, 2.24) is 0 Å². The van der Waals surface area contributed by atoms with E-state index in [1.165, 1.54) is 0 Å². The van der Waals surface area contributed by atoms with Crippen LogP contribution in [0.4, 0.5) is 11.4 Å². The van der Waals surface area contributed by atoms with Gasteiger partial charge in [0.2, 0.25) is 5.91 Å². The van der Waals surface area contributed by atoms with Crippen LogP contribution in [0.2, 0.25) is 5.02 Å². The minimum atomic E-state index is -3.85. The van der Waals surface area contributed by atoms with E-state index in [-0.39, 0.29) is 21.7 Å². The number of carbonyl (C=O) groups is 1. The number of amides is 1. The molecule has 0 aromatic heterocycles. The molecule has 0 saturated carbocycles. The molecule has 158 valence electrons. The molecule has 0 bridgehead atoms. The molecule has 9 heteroatoms. The standard InChI is InChI=1S/C22H18ClN3O3S2/c23-17-9-6-10-18(13-17)24-21(27)15-30-22-25-31(28,29)20-12-5-4-11-19(20)26(22)14-16-7-2-1-3-8-16/h1-13H,14-15H2,(H,24,27). The summed E-state index contributed by atoms with van der Waals surface area (Å²) in [6.45, 7) is 0.426. The van der Waals surface area contributed by atoms with Gasteiger partial charge in [0.15, 0.2) is 5.17 Å². The number of hydrogen-bond donors (Lipinski definition) is 1. The number of thioether (sulfide) groups is 1. The molecule has 0 atom stereocenters. The van der Waals surface area contributed by atoms with Gasteiger partial charge in [-0.2, -0.15) is 8.42 Å². The van der Waals surface area contributed by atoms with E-state index in [0.29, 0.717) is 22.9 Å². The number of amidine groups is 1. The summed E-state index contributed by atoms with van der Waals surface area (Å²) < 4.78 is 29.4. The first kappa shape index (κ1) is 21.4. The fraction of sp³-hybridized carbons (Fsp3) is 0.0909. The third-order valence-electron chi connectivity index (χ3n) is 4.49. The van der Waals surface area contributed by atoms with Gasteiger partial charge in [0.1, 0.15) is 4.90 Å². The number of anilines is 2. The minimum Gasteiger partial charge on any atom is -0.325 e. The molecule has 4 rings (SSSR count). The van der Waals surface area contributed by atoms with Crippen LogP contribution in [0, 0.1) is 0 Å².